The van der Waals surface area contributed by atoms with Crippen LogP contribution in [0, 0.1) is 5.82 Å². The van der Waals surface area contributed by atoms with Gasteiger partial charge < -0.3 is 9.64 Å². The van der Waals surface area contributed by atoms with E-state index in [1.54, 1.807) is 19.2 Å². The van der Waals surface area contributed by atoms with Crippen molar-refractivity contribution in [1.29, 1.82) is 0 Å². The van der Waals surface area contributed by atoms with Crippen LogP contribution in [0.25, 0.3) is 10.9 Å². The first-order chi connectivity index (χ1) is 14.6. The summed E-state index contributed by atoms with van der Waals surface area (Å²) < 4.78 is 19.3. The van der Waals surface area contributed by atoms with Gasteiger partial charge in [-0.3, -0.25) is 14.9 Å². The molecule has 2 aromatic heterocycles. The summed E-state index contributed by atoms with van der Waals surface area (Å²) in [5.74, 6) is -0.785. The molecule has 1 aliphatic rings. The zero-order valence-corrected chi connectivity index (χ0v) is 17.2. The van der Waals surface area contributed by atoms with Gasteiger partial charge in [-0.25, -0.2) is 9.18 Å². The van der Waals surface area contributed by atoms with Crippen LogP contribution in [0.4, 0.5) is 10.1 Å². The van der Waals surface area contributed by atoms with Crippen LogP contribution >= 0.6 is 0 Å². The molecule has 4 rings (SSSR count). The predicted molar refractivity (Wildman–Crippen MR) is 114 cm³/mol. The molecular formula is C23H25FN4O2. The Bertz CT molecular complexity index is 1040. The summed E-state index contributed by atoms with van der Waals surface area (Å²) in [6, 6.07) is 8.76. The van der Waals surface area contributed by atoms with Gasteiger partial charge in [0.15, 0.2) is 0 Å². The minimum Gasteiger partial charge on any atom is -0.462 e. The van der Waals surface area contributed by atoms with Gasteiger partial charge in [-0.2, -0.15) is 0 Å². The Morgan fingerprint density at radius 1 is 1.20 bits per heavy atom. The monoisotopic (exact) mass is 408 g/mol. The molecule has 1 unspecified atom stereocenters. The molecule has 1 aliphatic heterocycles. The van der Waals surface area contributed by atoms with E-state index >= 15 is 0 Å². The van der Waals surface area contributed by atoms with E-state index in [1.807, 2.05) is 12.3 Å². The second-order valence-electron chi connectivity index (χ2n) is 7.39. The molecule has 1 atom stereocenters. The Kier molecular flexibility index (Phi) is 5.90. The summed E-state index contributed by atoms with van der Waals surface area (Å²) in [7, 11) is 0. The second kappa shape index (κ2) is 8.75. The number of carbonyl (C=O) groups excluding carboxylic acids is 1. The molecule has 0 N–H and O–H groups in total. The van der Waals surface area contributed by atoms with E-state index in [1.165, 1.54) is 23.9 Å². The summed E-state index contributed by atoms with van der Waals surface area (Å²) in [4.78, 5) is 25.7. The Morgan fingerprint density at radius 3 is 2.70 bits per heavy atom. The molecule has 0 amide bonds. The Hall–Kier alpha value is -3.06. The van der Waals surface area contributed by atoms with Crippen LogP contribution in [-0.2, 0) is 4.74 Å². The van der Waals surface area contributed by atoms with Crippen molar-refractivity contribution in [1.82, 2.24) is 14.9 Å². The number of rotatable bonds is 5. The number of ether oxygens (including phenoxy) is 1. The van der Waals surface area contributed by atoms with Crippen molar-refractivity contribution in [2.75, 3.05) is 37.7 Å². The number of esters is 1. The van der Waals surface area contributed by atoms with Gasteiger partial charge in [-0.15, -0.1) is 0 Å². The summed E-state index contributed by atoms with van der Waals surface area (Å²) in [5.41, 5.74) is 2.91. The number of fused-ring (bicyclic) bond motifs is 1. The van der Waals surface area contributed by atoms with Crippen molar-refractivity contribution < 1.29 is 13.9 Å². The number of hydrogen-bond acceptors (Lipinski definition) is 6. The summed E-state index contributed by atoms with van der Waals surface area (Å²) >= 11 is 0. The third-order valence-corrected chi connectivity index (χ3v) is 5.64. The molecular weight excluding hydrogens is 383 g/mol. The first kappa shape index (κ1) is 20.2. The number of benzene rings is 1. The fourth-order valence-corrected chi connectivity index (χ4v) is 4.02. The van der Waals surface area contributed by atoms with E-state index in [0.29, 0.717) is 35.2 Å². The topological polar surface area (TPSA) is 58.6 Å². The highest BCUT2D eigenvalue weighted by atomic mass is 19.1. The van der Waals surface area contributed by atoms with Crippen molar-refractivity contribution in [2.24, 2.45) is 0 Å². The number of hydrogen-bond donors (Lipinski definition) is 0. The molecule has 7 heteroatoms. The number of nitrogens with zero attached hydrogens (tertiary/aromatic N) is 4. The molecule has 0 aliphatic carbocycles. The maximum Gasteiger partial charge on any atom is 0.341 e. The lowest BCUT2D eigenvalue weighted by atomic mass is 10.1. The van der Waals surface area contributed by atoms with Gasteiger partial charge in [0.1, 0.15) is 11.4 Å². The minimum absolute atomic E-state index is 0.247. The average Bonchev–Trinajstić information content (AvgIpc) is 2.78. The molecule has 156 valence electrons. The van der Waals surface area contributed by atoms with Gasteiger partial charge >= 0.3 is 5.97 Å². The van der Waals surface area contributed by atoms with Crippen molar-refractivity contribution in [3.8, 4) is 0 Å². The molecule has 0 spiro atoms. The SMILES string of the molecule is CCOC(=O)c1cnc2ccc(F)cc2c1N1CCN(C(C)c2cccnc2)CC1. The first-order valence-electron chi connectivity index (χ1n) is 10.2. The molecule has 3 aromatic rings. The number of halogens is 1. The molecule has 1 saturated heterocycles. The van der Waals surface area contributed by atoms with Crippen molar-refractivity contribution >= 4 is 22.6 Å². The maximum atomic E-state index is 14.0. The van der Waals surface area contributed by atoms with E-state index in [0.717, 1.165) is 13.1 Å². The standard InChI is InChI=1S/C23H25FN4O2/c1-3-30-23(29)20-15-26-21-7-6-18(24)13-19(21)22(20)28-11-9-27(10-12-28)16(2)17-5-4-8-25-14-17/h4-8,13-16H,3,9-12H2,1-2H3. The van der Waals surface area contributed by atoms with Gasteiger partial charge in [0, 0.05) is 56.2 Å². The van der Waals surface area contributed by atoms with Gasteiger partial charge in [0.05, 0.1) is 17.8 Å². The van der Waals surface area contributed by atoms with Crippen LogP contribution in [0.1, 0.15) is 35.8 Å². The normalized spacial score (nSPS) is 15.9. The van der Waals surface area contributed by atoms with Crippen LogP contribution in [0.2, 0.25) is 0 Å². The zero-order valence-electron chi connectivity index (χ0n) is 17.2. The molecule has 30 heavy (non-hydrogen) atoms. The molecule has 3 heterocycles. The van der Waals surface area contributed by atoms with Crippen LogP contribution in [-0.4, -0.2) is 53.6 Å². The van der Waals surface area contributed by atoms with Gasteiger partial charge in [0.25, 0.3) is 0 Å². The Morgan fingerprint density at radius 2 is 2.00 bits per heavy atom. The van der Waals surface area contributed by atoms with E-state index in [-0.39, 0.29) is 18.5 Å². The predicted octanol–water partition coefficient (Wildman–Crippen LogP) is 3.83. The Labute approximate surface area is 175 Å². The highest BCUT2D eigenvalue weighted by Gasteiger charge is 2.27. The zero-order chi connectivity index (χ0) is 21.1. The largest absolute Gasteiger partial charge is 0.462 e. The van der Waals surface area contributed by atoms with Crippen molar-refractivity contribution in [3.63, 3.8) is 0 Å². The summed E-state index contributed by atoms with van der Waals surface area (Å²) in [5, 5.41) is 0.634. The average molecular weight is 408 g/mol. The number of anilines is 1. The van der Waals surface area contributed by atoms with Crippen LogP contribution < -0.4 is 4.90 Å². The fraction of sp³-hybridized carbons (Fsp3) is 0.348. The van der Waals surface area contributed by atoms with Crippen molar-refractivity contribution in [3.05, 3.63) is 65.9 Å². The lowest BCUT2D eigenvalue weighted by Gasteiger charge is -2.40. The highest BCUT2D eigenvalue weighted by molar-refractivity contribution is 6.05. The third-order valence-electron chi connectivity index (χ3n) is 5.64. The highest BCUT2D eigenvalue weighted by Crippen LogP contribution is 2.32. The van der Waals surface area contributed by atoms with E-state index in [4.69, 9.17) is 4.74 Å². The number of piperazine rings is 1. The van der Waals surface area contributed by atoms with Crippen LogP contribution in [0.5, 0.6) is 0 Å². The van der Waals surface area contributed by atoms with Gasteiger partial charge in [0.2, 0.25) is 0 Å². The van der Waals surface area contributed by atoms with Gasteiger partial charge in [-0.05, 0) is 43.7 Å². The smallest absolute Gasteiger partial charge is 0.341 e. The van der Waals surface area contributed by atoms with Crippen LogP contribution in [0.15, 0.2) is 48.9 Å². The maximum absolute atomic E-state index is 14.0. The number of pyridine rings is 2. The lowest BCUT2D eigenvalue weighted by Crippen LogP contribution is -2.47. The summed E-state index contributed by atoms with van der Waals surface area (Å²) in [6.07, 6.45) is 5.21. The van der Waals surface area contributed by atoms with Crippen molar-refractivity contribution in [2.45, 2.75) is 19.9 Å². The molecule has 6 nitrogen and oxygen atoms in total. The van der Waals surface area contributed by atoms with Gasteiger partial charge in [-0.1, -0.05) is 6.07 Å². The summed E-state index contributed by atoms with van der Waals surface area (Å²) in [6.45, 7) is 7.28. The fourth-order valence-electron chi connectivity index (χ4n) is 4.02. The van der Waals surface area contributed by atoms with E-state index in [9.17, 15) is 9.18 Å². The lowest BCUT2D eigenvalue weighted by molar-refractivity contribution is 0.0526. The first-order valence-corrected chi connectivity index (χ1v) is 10.2. The number of carbonyl (C=O) groups is 1. The Balaban J connectivity index is 1.63. The minimum atomic E-state index is -0.433. The molecule has 1 fully saturated rings. The van der Waals surface area contributed by atoms with E-state index < -0.39 is 5.97 Å². The number of aromatic nitrogens is 2. The van der Waals surface area contributed by atoms with Crippen LogP contribution in [0.3, 0.4) is 0 Å². The molecule has 0 saturated carbocycles. The molecule has 1 aromatic carbocycles. The van der Waals surface area contributed by atoms with E-state index in [2.05, 4.69) is 32.8 Å². The molecule has 0 bridgehead atoms. The quantitative estimate of drug-likeness (QED) is 0.598. The molecule has 0 radical (unpaired) electrons. The second-order valence-corrected chi connectivity index (χ2v) is 7.39. The third kappa shape index (κ3) is 3.98.